The standard InChI is InChI=1S/C16H15N3O2/c20-15-7-5-11-9-12(4-6-14(11)19-15)16(21)18-10-13-3-1-2-8-17-13/h1-4,6,8-9H,5,7,10H2,(H,18,21)(H,19,20). The highest BCUT2D eigenvalue weighted by Crippen LogP contribution is 2.23. The summed E-state index contributed by atoms with van der Waals surface area (Å²) >= 11 is 0. The Bertz CT molecular complexity index is 683. The van der Waals surface area contributed by atoms with Crippen LogP contribution in [0.2, 0.25) is 0 Å². The van der Waals surface area contributed by atoms with Gasteiger partial charge in [-0.15, -0.1) is 0 Å². The molecule has 1 aliphatic rings. The zero-order chi connectivity index (χ0) is 14.7. The molecule has 2 heterocycles. The molecule has 2 N–H and O–H groups in total. The number of hydrogen-bond acceptors (Lipinski definition) is 3. The number of pyridine rings is 1. The summed E-state index contributed by atoms with van der Waals surface area (Å²) < 4.78 is 0. The predicted molar refractivity (Wildman–Crippen MR) is 78.8 cm³/mol. The van der Waals surface area contributed by atoms with Crippen LogP contribution in [0.3, 0.4) is 0 Å². The predicted octanol–water partition coefficient (Wildman–Crippen LogP) is 1.90. The Balaban J connectivity index is 1.69. The number of nitrogens with one attached hydrogen (secondary N) is 2. The van der Waals surface area contributed by atoms with E-state index in [9.17, 15) is 9.59 Å². The van der Waals surface area contributed by atoms with E-state index < -0.39 is 0 Å². The van der Waals surface area contributed by atoms with Crippen LogP contribution in [-0.2, 0) is 17.8 Å². The SMILES string of the molecule is O=C1CCc2cc(C(=O)NCc3ccccn3)ccc2N1. The molecule has 5 nitrogen and oxygen atoms in total. The fourth-order valence-electron chi connectivity index (χ4n) is 2.30. The molecule has 1 aromatic heterocycles. The van der Waals surface area contributed by atoms with E-state index in [0.717, 1.165) is 16.9 Å². The van der Waals surface area contributed by atoms with Crippen LogP contribution in [0.25, 0.3) is 0 Å². The van der Waals surface area contributed by atoms with Crippen LogP contribution < -0.4 is 10.6 Å². The van der Waals surface area contributed by atoms with E-state index in [4.69, 9.17) is 0 Å². The maximum atomic E-state index is 12.1. The maximum Gasteiger partial charge on any atom is 0.251 e. The van der Waals surface area contributed by atoms with Gasteiger partial charge in [-0.25, -0.2) is 0 Å². The Morgan fingerprint density at radius 2 is 2.14 bits per heavy atom. The third-order valence-corrected chi connectivity index (χ3v) is 3.42. The number of rotatable bonds is 3. The smallest absolute Gasteiger partial charge is 0.251 e. The number of benzene rings is 1. The quantitative estimate of drug-likeness (QED) is 0.902. The van der Waals surface area contributed by atoms with E-state index >= 15 is 0 Å². The zero-order valence-corrected chi connectivity index (χ0v) is 11.4. The molecule has 21 heavy (non-hydrogen) atoms. The van der Waals surface area contributed by atoms with Crippen molar-refractivity contribution in [3.63, 3.8) is 0 Å². The second-order valence-corrected chi connectivity index (χ2v) is 4.92. The summed E-state index contributed by atoms with van der Waals surface area (Å²) in [6.45, 7) is 0.396. The minimum absolute atomic E-state index is 0.0230. The molecule has 0 bridgehead atoms. The van der Waals surface area contributed by atoms with Crippen LogP contribution in [0.5, 0.6) is 0 Å². The van der Waals surface area contributed by atoms with Gasteiger partial charge in [0.15, 0.2) is 0 Å². The highest BCUT2D eigenvalue weighted by atomic mass is 16.2. The monoisotopic (exact) mass is 281 g/mol. The number of nitrogens with zero attached hydrogens (tertiary/aromatic N) is 1. The van der Waals surface area contributed by atoms with Crippen molar-refractivity contribution >= 4 is 17.5 Å². The lowest BCUT2D eigenvalue weighted by atomic mass is 10.00. The summed E-state index contributed by atoms with van der Waals surface area (Å²) in [6, 6.07) is 10.9. The fourth-order valence-corrected chi connectivity index (χ4v) is 2.30. The molecule has 5 heteroatoms. The minimum Gasteiger partial charge on any atom is -0.346 e. The molecule has 0 radical (unpaired) electrons. The highest BCUT2D eigenvalue weighted by molar-refractivity contribution is 5.97. The third-order valence-electron chi connectivity index (χ3n) is 3.42. The molecule has 0 aliphatic carbocycles. The second kappa shape index (κ2) is 5.75. The molecule has 106 valence electrons. The lowest BCUT2D eigenvalue weighted by Crippen LogP contribution is -2.24. The van der Waals surface area contributed by atoms with Crippen molar-refractivity contribution in [1.82, 2.24) is 10.3 Å². The van der Waals surface area contributed by atoms with E-state index in [-0.39, 0.29) is 11.8 Å². The second-order valence-electron chi connectivity index (χ2n) is 4.92. The van der Waals surface area contributed by atoms with Gasteiger partial charge in [-0.2, -0.15) is 0 Å². The average molecular weight is 281 g/mol. The largest absolute Gasteiger partial charge is 0.346 e. The number of fused-ring (bicyclic) bond motifs is 1. The van der Waals surface area contributed by atoms with Crippen molar-refractivity contribution in [1.29, 1.82) is 0 Å². The van der Waals surface area contributed by atoms with Crippen molar-refractivity contribution in [2.24, 2.45) is 0 Å². The molecule has 2 amide bonds. The number of hydrogen-bond donors (Lipinski definition) is 2. The first-order chi connectivity index (χ1) is 10.2. The van der Waals surface area contributed by atoms with Gasteiger partial charge in [0.1, 0.15) is 0 Å². The Labute approximate surface area is 122 Å². The van der Waals surface area contributed by atoms with Crippen molar-refractivity contribution < 1.29 is 9.59 Å². The van der Waals surface area contributed by atoms with E-state index in [2.05, 4.69) is 15.6 Å². The van der Waals surface area contributed by atoms with Crippen molar-refractivity contribution in [2.75, 3.05) is 5.32 Å². The number of carbonyl (C=O) groups excluding carboxylic acids is 2. The maximum absolute atomic E-state index is 12.1. The molecule has 0 unspecified atom stereocenters. The first-order valence-corrected chi connectivity index (χ1v) is 6.83. The zero-order valence-electron chi connectivity index (χ0n) is 11.4. The van der Waals surface area contributed by atoms with Crippen LogP contribution in [0.1, 0.15) is 28.0 Å². The highest BCUT2D eigenvalue weighted by Gasteiger charge is 2.16. The summed E-state index contributed by atoms with van der Waals surface area (Å²) in [7, 11) is 0. The van der Waals surface area contributed by atoms with Gasteiger partial charge < -0.3 is 10.6 Å². The Kier molecular flexibility index (Phi) is 3.64. The first kappa shape index (κ1) is 13.3. The van der Waals surface area contributed by atoms with Gasteiger partial charge >= 0.3 is 0 Å². The molecular weight excluding hydrogens is 266 g/mol. The van der Waals surface area contributed by atoms with Gasteiger partial charge in [-0.3, -0.25) is 14.6 Å². The summed E-state index contributed by atoms with van der Waals surface area (Å²) in [5.41, 5.74) is 3.21. The molecule has 1 aliphatic heterocycles. The summed E-state index contributed by atoms with van der Waals surface area (Å²) in [5, 5.41) is 5.65. The molecule has 0 saturated heterocycles. The summed E-state index contributed by atoms with van der Waals surface area (Å²) in [4.78, 5) is 27.6. The van der Waals surface area contributed by atoms with Gasteiger partial charge in [0.05, 0.1) is 12.2 Å². The molecule has 0 fully saturated rings. The average Bonchev–Trinajstić information content (AvgIpc) is 2.53. The van der Waals surface area contributed by atoms with Crippen molar-refractivity contribution in [3.05, 3.63) is 59.4 Å². The van der Waals surface area contributed by atoms with Gasteiger partial charge in [-0.1, -0.05) is 6.07 Å². The molecular formula is C16H15N3O2. The molecule has 3 rings (SSSR count). The summed E-state index contributed by atoms with van der Waals surface area (Å²) in [5.74, 6) is -0.116. The van der Waals surface area contributed by atoms with Crippen molar-refractivity contribution in [2.45, 2.75) is 19.4 Å². The lowest BCUT2D eigenvalue weighted by molar-refractivity contribution is -0.116. The Morgan fingerprint density at radius 3 is 2.95 bits per heavy atom. The van der Waals surface area contributed by atoms with Crippen LogP contribution in [0.15, 0.2) is 42.6 Å². The van der Waals surface area contributed by atoms with Crippen LogP contribution in [0, 0.1) is 0 Å². The lowest BCUT2D eigenvalue weighted by Gasteiger charge is -2.17. The van der Waals surface area contributed by atoms with Crippen molar-refractivity contribution in [3.8, 4) is 0 Å². The van der Waals surface area contributed by atoms with E-state index in [1.54, 1.807) is 18.3 Å². The number of aromatic nitrogens is 1. The number of amides is 2. The number of carbonyl (C=O) groups is 2. The van der Waals surface area contributed by atoms with Crippen LogP contribution in [-0.4, -0.2) is 16.8 Å². The fraction of sp³-hybridized carbons (Fsp3) is 0.188. The van der Waals surface area contributed by atoms with Gasteiger partial charge in [0.2, 0.25) is 5.91 Å². The molecule has 0 spiro atoms. The van der Waals surface area contributed by atoms with Gasteiger partial charge in [0.25, 0.3) is 5.91 Å². The Hall–Kier alpha value is -2.69. The minimum atomic E-state index is -0.139. The third kappa shape index (κ3) is 3.08. The summed E-state index contributed by atoms with van der Waals surface area (Å²) in [6.07, 6.45) is 2.83. The van der Waals surface area contributed by atoms with E-state index in [1.165, 1.54) is 0 Å². The molecule has 1 aromatic carbocycles. The van der Waals surface area contributed by atoms with Gasteiger partial charge in [-0.05, 0) is 42.3 Å². The van der Waals surface area contributed by atoms with Gasteiger partial charge in [0, 0.05) is 23.9 Å². The number of anilines is 1. The number of aryl methyl sites for hydroxylation is 1. The van der Waals surface area contributed by atoms with E-state index in [1.807, 2.05) is 24.3 Å². The van der Waals surface area contributed by atoms with Crippen LogP contribution >= 0.6 is 0 Å². The van der Waals surface area contributed by atoms with Crippen LogP contribution in [0.4, 0.5) is 5.69 Å². The topological polar surface area (TPSA) is 71.1 Å². The Morgan fingerprint density at radius 1 is 1.24 bits per heavy atom. The molecule has 0 atom stereocenters. The normalized spacial score (nSPS) is 13.2. The molecule has 2 aromatic rings. The van der Waals surface area contributed by atoms with E-state index in [0.29, 0.717) is 24.9 Å². The first-order valence-electron chi connectivity index (χ1n) is 6.83. The molecule has 0 saturated carbocycles.